The molecule has 0 spiro atoms. The van der Waals surface area contributed by atoms with E-state index in [0.717, 1.165) is 5.56 Å². The lowest BCUT2D eigenvalue weighted by atomic mass is 10.1. The molecule has 1 aromatic heterocycles. The third-order valence-electron chi connectivity index (χ3n) is 3.34. The number of phenols is 1. The minimum Gasteiger partial charge on any atom is -0.507 e. The van der Waals surface area contributed by atoms with Crippen molar-refractivity contribution in [3.63, 3.8) is 0 Å². The van der Waals surface area contributed by atoms with Gasteiger partial charge >= 0.3 is 0 Å². The highest BCUT2D eigenvalue weighted by atomic mass is 19.1. The fourth-order valence-electron chi connectivity index (χ4n) is 2.26. The molecule has 0 aliphatic rings. The molecular formula is C15H13FN2O. The summed E-state index contributed by atoms with van der Waals surface area (Å²) in [5.74, 6) is 0.383. The maximum Gasteiger partial charge on any atom is 0.151 e. The number of imidazole rings is 1. The highest BCUT2D eigenvalue weighted by molar-refractivity contribution is 5.82. The van der Waals surface area contributed by atoms with Gasteiger partial charge < -0.3 is 9.67 Å². The molecule has 0 bridgehead atoms. The molecule has 3 rings (SSSR count). The van der Waals surface area contributed by atoms with E-state index in [1.165, 1.54) is 6.07 Å². The number of nitrogens with zero attached hydrogens (tertiary/aromatic N) is 2. The number of aromatic hydroxyl groups is 1. The van der Waals surface area contributed by atoms with Gasteiger partial charge in [0.2, 0.25) is 0 Å². The molecule has 19 heavy (non-hydrogen) atoms. The van der Waals surface area contributed by atoms with Crippen LogP contribution in [0.25, 0.3) is 22.4 Å². The number of aryl methyl sites for hydroxylation is 2. The molecule has 96 valence electrons. The standard InChI is InChI=1S/C15H13FN2O/c1-9-5-3-6-10(14(9)19)15-17-13-11(16)7-4-8-12(13)18(15)2/h3-8,19H,1-2H3. The predicted octanol–water partition coefficient (Wildman–Crippen LogP) is 3.39. The first-order valence-electron chi connectivity index (χ1n) is 5.99. The monoisotopic (exact) mass is 256 g/mol. The predicted molar refractivity (Wildman–Crippen MR) is 72.5 cm³/mol. The topological polar surface area (TPSA) is 38.0 Å². The van der Waals surface area contributed by atoms with E-state index in [9.17, 15) is 9.50 Å². The van der Waals surface area contributed by atoms with Gasteiger partial charge in [-0.25, -0.2) is 9.37 Å². The Hall–Kier alpha value is -2.36. The van der Waals surface area contributed by atoms with Crippen molar-refractivity contribution in [3.8, 4) is 17.1 Å². The number of benzene rings is 2. The summed E-state index contributed by atoms with van der Waals surface area (Å²) in [6.45, 7) is 1.82. The Bertz CT molecular complexity index is 777. The molecule has 0 aliphatic carbocycles. The van der Waals surface area contributed by atoms with E-state index in [2.05, 4.69) is 4.98 Å². The van der Waals surface area contributed by atoms with Gasteiger partial charge in [0.1, 0.15) is 17.1 Å². The normalized spacial score (nSPS) is 11.1. The SMILES string of the molecule is Cc1cccc(-c2nc3c(F)cccc3n2C)c1O. The van der Waals surface area contributed by atoms with Crippen LogP contribution in [0.5, 0.6) is 5.75 Å². The lowest BCUT2D eigenvalue weighted by molar-refractivity contribution is 0.472. The Balaban J connectivity index is 2.35. The van der Waals surface area contributed by atoms with Gasteiger partial charge in [-0.1, -0.05) is 18.2 Å². The average molecular weight is 256 g/mol. The number of fused-ring (bicyclic) bond motifs is 1. The first-order valence-corrected chi connectivity index (χ1v) is 5.99. The van der Waals surface area contributed by atoms with Crippen LogP contribution in [0.1, 0.15) is 5.56 Å². The van der Waals surface area contributed by atoms with Gasteiger partial charge in [-0.15, -0.1) is 0 Å². The van der Waals surface area contributed by atoms with Crippen LogP contribution >= 0.6 is 0 Å². The quantitative estimate of drug-likeness (QED) is 0.724. The summed E-state index contributed by atoms with van der Waals surface area (Å²) in [7, 11) is 1.81. The van der Waals surface area contributed by atoms with E-state index in [0.29, 0.717) is 22.4 Å². The fourth-order valence-corrected chi connectivity index (χ4v) is 2.26. The van der Waals surface area contributed by atoms with E-state index in [1.807, 2.05) is 32.2 Å². The molecule has 0 amide bonds. The minimum absolute atomic E-state index is 0.182. The van der Waals surface area contributed by atoms with Crippen LogP contribution in [-0.4, -0.2) is 14.7 Å². The van der Waals surface area contributed by atoms with Gasteiger partial charge in [-0.05, 0) is 30.7 Å². The van der Waals surface area contributed by atoms with Crippen LogP contribution in [0.4, 0.5) is 4.39 Å². The van der Waals surface area contributed by atoms with Crippen molar-refractivity contribution in [2.75, 3.05) is 0 Å². The van der Waals surface area contributed by atoms with Crippen LogP contribution in [-0.2, 0) is 7.05 Å². The lowest BCUT2D eigenvalue weighted by Gasteiger charge is -2.06. The molecule has 0 fully saturated rings. The number of halogens is 1. The van der Waals surface area contributed by atoms with Crippen molar-refractivity contribution in [2.45, 2.75) is 6.92 Å². The second kappa shape index (κ2) is 4.09. The molecule has 0 atom stereocenters. The molecule has 2 aromatic carbocycles. The number of aromatic nitrogens is 2. The van der Waals surface area contributed by atoms with Crippen LogP contribution in [0.3, 0.4) is 0 Å². The van der Waals surface area contributed by atoms with Crippen molar-refractivity contribution < 1.29 is 9.50 Å². The van der Waals surface area contributed by atoms with E-state index in [1.54, 1.807) is 16.7 Å². The Kier molecular flexibility index (Phi) is 2.52. The second-order valence-corrected chi connectivity index (χ2v) is 4.57. The number of rotatable bonds is 1. The van der Waals surface area contributed by atoms with Crippen molar-refractivity contribution in [1.29, 1.82) is 0 Å². The molecule has 0 aliphatic heterocycles. The highest BCUT2D eigenvalue weighted by Crippen LogP contribution is 2.33. The lowest BCUT2D eigenvalue weighted by Crippen LogP contribution is -1.93. The maximum absolute atomic E-state index is 13.7. The fraction of sp³-hybridized carbons (Fsp3) is 0.133. The Morgan fingerprint density at radius 2 is 1.89 bits per heavy atom. The average Bonchev–Trinajstić information content (AvgIpc) is 2.72. The van der Waals surface area contributed by atoms with E-state index in [-0.39, 0.29) is 11.6 Å². The second-order valence-electron chi connectivity index (χ2n) is 4.57. The van der Waals surface area contributed by atoms with Crippen molar-refractivity contribution in [2.24, 2.45) is 7.05 Å². The van der Waals surface area contributed by atoms with Crippen LogP contribution < -0.4 is 0 Å². The molecule has 3 aromatic rings. The molecular weight excluding hydrogens is 243 g/mol. The van der Waals surface area contributed by atoms with Crippen molar-refractivity contribution >= 4 is 11.0 Å². The first kappa shape index (κ1) is 11.7. The van der Waals surface area contributed by atoms with Gasteiger partial charge in [-0.2, -0.15) is 0 Å². The van der Waals surface area contributed by atoms with Gasteiger partial charge in [-0.3, -0.25) is 0 Å². The molecule has 0 saturated carbocycles. The molecule has 1 N–H and O–H groups in total. The minimum atomic E-state index is -0.355. The molecule has 1 heterocycles. The third kappa shape index (κ3) is 1.68. The highest BCUT2D eigenvalue weighted by Gasteiger charge is 2.15. The Morgan fingerprint density at radius 1 is 1.16 bits per heavy atom. The van der Waals surface area contributed by atoms with E-state index < -0.39 is 0 Å². The Morgan fingerprint density at radius 3 is 2.63 bits per heavy atom. The summed E-state index contributed by atoms with van der Waals surface area (Å²) in [4.78, 5) is 4.31. The summed E-state index contributed by atoms with van der Waals surface area (Å²) in [5.41, 5.74) is 2.40. The molecule has 0 radical (unpaired) electrons. The number of para-hydroxylation sites is 2. The van der Waals surface area contributed by atoms with E-state index in [4.69, 9.17) is 0 Å². The largest absolute Gasteiger partial charge is 0.507 e. The molecule has 0 unspecified atom stereocenters. The summed E-state index contributed by atoms with van der Waals surface area (Å²) < 4.78 is 15.5. The maximum atomic E-state index is 13.7. The third-order valence-corrected chi connectivity index (χ3v) is 3.34. The van der Waals surface area contributed by atoms with Gasteiger partial charge in [0.15, 0.2) is 5.82 Å². The molecule has 4 heteroatoms. The van der Waals surface area contributed by atoms with Crippen LogP contribution in [0.2, 0.25) is 0 Å². The number of hydrogen-bond donors (Lipinski definition) is 1. The zero-order chi connectivity index (χ0) is 13.6. The summed E-state index contributed by atoms with van der Waals surface area (Å²) >= 11 is 0. The van der Waals surface area contributed by atoms with Gasteiger partial charge in [0.25, 0.3) is 0 Å². The summed E-state index contributed by atoms with van der Waals surface area (Å²) in [6, 6.07) is 10.3. The van der Waals surface area contributed by atoms with Crippen molar-refractivity contribution in [1.82, 2.24) is 9.55 Å². The number of phenolic OH excluding ortho intramolecular Hbond substituents is 1. The smallest absolute Gasteiger partial charge is 0.151 e. The molecule has 3 nitrogen and oxygen atoms in total. The Labute approximate surface area is 109 Å². The zero-order valence-electron chi connectivity index (χ0n) is 10.7. The van der Waals surface area contributed by atoms with Crippen LogP contribution in [0, 0.1) is 12.7 Å². The van der Waals surface area contributed by atoms with Gasteiger partial charge in [0, 0.05) is 7.05 Å². The summed E-state index contributed by atoms with van der Waals surface area (Å²) in [5, 5.41) is 10.1. The molecule has 0 saturated heterocycles. The van der Waals surface area contributed by atoms with Crippen molar-refractivity contribution in [3.05, 3.63) is 47.8 Å². The van der Waals surface area contributed by atoms with Gasteiger partial charge in [0.05, 0.1) is 11.1 Å². The zero-order valence-corrected chi connectivity index (χ0v) is 10.7. The van der Waals surface area contributed by atoms with Crippen LogP contribution in [0.15, 0.2) is 36.4 Å². The first-order chi connectivity index (χ1) is 9.09. The number of hydrogen-bond acceptors (Lipinski definition) is 2. The summed E-state index contributed by atoms with van der Waals surface area (Å²) in [6.07, 6.45) is 0. The van der Waals surface area contributed by atoms with E-state index >= 15 is 0 Å².